The molecular formula is C20H30N2O3. The molecule has 1 aliphatic rings. The largest absolute Gasteiger partial charge is 0.466 e. The molecule has 1 fully saturated rings. The first-order valence-corrected chi connectivity index (χ1v) is 9.16. The number of carbonyl (C=O) groups excluding carboxylic acids is 2. The van der Waals surface area contributed by atoms with Crippen molar-refractivity contribution in [1.29, 1.82) is 0 Å². The summed E-state index contributed by atoms with van der Waals surface area (Å²) in [6.45, 7) is 10.3. The van der Waals surface area contributed by atoms with Gasteiger partial charge in [-0.2, -0.15) is 0 Å². The molecule has 1 amide bonds. The van der Waals surface area contributed by atoms with Crippen LogP contribution in [0.1, 0.15) is 49.4 Å². The maximum Gasteiger partial charge on any atom is 0.309 e. The normalized spacial score (nSPS) is 17.1. The smallest absolute Gasteiger partial charge is 0.309 e. The summed E-state index contributed by atoms with van der Waals surface area (Å²) >= 11 is 0. The Kier molecular flexibility index (Phi) is 7.00. The van der Waals surface area contributed by atoms with Crippen molar-refractivity contribution in [2.75, 3.05) is 26.2 Å². The zero-order chi connectivity index (χ0) is 18.4. The molecule has 0 radical (unpaired) electrons. The van der Waals surface area contributed by atoms with Crippen molar-refractivity contribution in [3.05, 3.63) is 34.9 Å². The van der Waals surface area contributed by atoms with Gasteiger partial charge in [0.15, 0.2) is 0 Å². The Bertz CT molecular complexity index is 607. The average molecular weight is 346 g/mol. The summed E-state index contributed by atoms with van der Waals surface area (Å²) in [6, 6.07) is 6.28. The van der Waals surface area contributed by atoms with Crippen LogP contribution in [-0.2, 0) is 14.3 Å². The number of piperidine rings is 1. The summed E-state index contributed by atoms with van der Waals surface area (Å²) in [5.74, 6) is -0.0935. The van der Waals surface area contributed by atoms with Gasteiger partial charge in [-0.1, -0.05) is 18.2 Å². The van der Waals surface area contributed by atoms with Crippen LogP contribution in [0.2, 0.25) is 0 Å². The molecule has 0 aromatic heterocycles. The molecule has 1 unspecified atom stereocenters. The second-order valence-electron chi connectivity index (χ2n) is 6.94. The number of esters is 1. The molecule has 0 spiro atoms. The monoisotopic (exact) mass is 346 g/mol. The number of nitrogens with one attached hydrogen (secondary N) is 1. The zero-order valence-corrected chi connectivity index (χ0v) is 15.8. The van der Waals surface area contributed by atoms with Crippen LogP contribution in [0, 0.1) is 19.8 Å². The Balaban J connectivity index is 1.79. The number of rotatable bonds is 6. The lowest BCUT2D eigenvalue weighted by molar-refractivity contribution is -0.149. The lowest BCUT2D eigenvalue weighted by Crippen LogP contribution is -2.43. The lowest BCUT2D eigenvalue weighted by atomic mass is 9.97. The number of nitrogens with zero attached hydrogens (tertiary/aromatic N) is 1. The third-order valence-electron chi connectivity index (χ3n) is 4.98. The van der Waals surface area contributed by atoms with E-state index in [1.54, 1.807) is 0 Å². The Morgan fingerprint density at radius 1 is 1.24 bits per heavy atom. The average Bonchev–Trinajstić information content (AvgIpc) is 2.58. The molecule has 1 heterocycles. The molecule has 0 saturated carbocycles. The predicted molar refractivity (Wildman–Crippen MR) is 98.3 cm³/mol. The molecule has 0 aliphatic carbocycles. The molecular weight excluding hydrogens is 316 g/mol. The van der Waals surface area contributed by atoms with Gasteiger partial charge in [0, 0.05) is 0 Å². The summed E-state index contributed by atoms with van der Waals surface area (Å²) < 4.78 is 5.08. The topological polar surface area (TPSA) is 58.6 Å². The van der Waals surface area contributed by atoms with Gasteiger partial charge in [-0.05, 0) is 70.3 Å². The van der Waals surface area contributed by atoms with Crippen molar-refractivity contribution < 1.29 is 14.3 Å². The highest BCUT2D eigenvalue weighted by Crippen LogP contribution is 2.19. The van der Waals surface area contributed by atoms with Gasteiger partial charge in [0.1, 0.15) is 0 Å². The van der Waals surface area contributed by atoms with E-state index in [-0.39, 0.29) is 23.8 Å². The second kappa shape index (κ2) is 8.99. The number of carbonyl (C=O) groups is 2. The fourth-order valence-electron chi connectivity index (χ4n) is 3.19. The van der Waals surface area contributed by atoms with Gasteiger partial charge in [-0.3, -0.25) is 14.5 Å². The van der Waals surface area contributed by atoms with Crippen LogP contribution in [0.3, 0.4) is 0 Å². The van der Waals surface area contributed by atoms with Gasteiger partial charge in [0.25, 0.3) is 0 Å². The van der Waals surface area contributed by atoms with E-state index < -0.39 is 0 Å². The van der Waals surface area contributed by atoms with Gasteiger partial charge >= 0.3 is 5.97 Å². The first-order chi connectivity index (χ1) is 11.9. The molecule has 1 aromatic carbocycles. The van der Waals surface area contributed by atoms with Crippen LogP contribution in [0.5, 0.6) is 0 Å². The Labute approximate surface area is 150 Å². The van der Waals surface area contributed by atoms with Gasteiger partial charge in [-0.25, -0.2) is 0 Å². The Morgan fingerprint density at radius 3 is 2.52 bits per heavy atom. The van der Waals surface area contributed by atoms with Crippen molar-refractivity contribution in [3.8, 4) is 0 Å². The molecule has 1 aliphatic heterocycles. The van der Waals surface area contributed by atoms with E-state index in [1.165, 1.54) is 11.1 Å². The van der Waals surface area contributed by atoms with E-state index in [9.17, 15) is 9.59 Å². The number of hydrogen-bond donors (Lipinski definition) is 1. The summed E-state index contributed by atoms with van der Waals surface area (Å²) in [5.41, 5.74) is 3.61. The predicted octanol–water partition coefficient (Wildman–Crippen LogP) is 2.76. The van der Waals surface area contributed by atoms with E-state index in [4.69, 9.17) is 4.74 Å². The first kappa shape index (κ1) is 19.4. The number of amides is 1. The van der Waals surface area contributed by atoms with Gasteiger partial charge in [0.2, 0.25) is 5.91 Å². The minimum atomic E-state index is -0.102. The van der Waals surface area contributed by atoms with E-state index in [0.29, 0.717) is 13.2 Å². The van der Waals surface area contributed by atoms with Crippen LogP contribution in [-0.4, -0.2) is 43.0 Å². The molecule has 1 N–H and O–H groups in total. The number of likely N-dealkylation sites (tertiary alicyclic amines) is 1. The maximum absolute atomic E-state index is 12.3. The summed E-state index contributed by atoms with van der Waals surface area (Å²) in [5, 5.41) is 3.07. The highest BCUT2D eigenvalue weighted by atomic mass is 16.5. The summed E-state index contributed by atoms with van der Waals surface area (Å²) in [6.07, 6.45) is 1.53. The molecule has 0 bridgehead atoms. The van der Waals surface area contributed by atoms with E-state index in [0.717, 1.165) is 31.5 Å². The lowest BCUT2D eigenvalue weighted by Gasteiger charge is -2.30. The van der Waals surface area contributed by atoms with Crippen molar-refractivity contribution >= 4 is 11.9 Å². The molecule has 1 saturated heterocycles. The SMILES string of the molecule is CCOC(=O)C1CCN(CC(=O)NC(C)c2ccc(C)c(C)c2)CC1. The number of benzene rings is 1. The standard InChI is InChI=1S/C20H30N2O3/c1-5-25-20(24)17-8-10-22(11-9-17)13-19(23)21-16(4)18-7-6-14(2)15(3)12-18/h6-7,12,16-17H,5,8-11,13H2,1-4H3,(H,21,23). The van der Waals surface area contributed by atoms with E-state index in [1.807, 2.05) is 13.8 Å². The van der Waals surface area contributed by atoms with Crippen LogP contribution < -0.4 is 5.32 Å². The second-order valence-corrected chi connectivity index (χ2v) is 6.94. The first-order valence-electron chi connectivity index (χ1n) is 9.16. The fourth-order valence-corrected chi connectivity index (χ4v) is 3.19. The van der Waals surface area contributed by atoms with Crippen molar-refractivity contribution in [1.82, 2.24) is 10.2 Å². The minimum absolute atomic E-state index is 0.0103. The van der Waals surface area contributed by atoms with Gasteiger partial charge in [0.05, 0.1) is 25.1 Å². The van der Waals surface area contributed by atoms with Crippen molar-refractivity contribution in [3.63, 3.8) is 0 Å². The van der Waals surface area contributed by atoms with Gasteiger partial charge in [-0.15, -0.1) is 0 Å². The van der Waals surface area contributed by atoms with E-state index >= 15 is 0 Å². The van der Waals surface area contributed by atoms with Crippen molar-refractivity contribution in [2.24, 2.45) is 5.92 Å². The highest BCUT2D eigenvalue weighted by molar-refractivity contribution is 5.78. The third-order valence-corrected chi connectivity index (χ3v) is 4.98. The Morgan fingerprint density at radius 2 is 1.92 bits per heavy atom. The summed E-state index contributed by atoms with van der Waals surface area (Å²) in [4.78, 5) is 26.2. The molecule has 138 valence electrons. The maximum atomic E-state index is 12.3. The summed E-state index contributed by atoms with van der Waals surface area (Å²) in [7, 11) is 0. The third kappa shape index (κ3) is 5.56. The molecule has 2 rings (SSSR count). The number of aryl methyl sites for hydroxylation is 2. The molecule has 5 heteroatoms. The van der Waals surface area contributed by atoms with Gasteiger partial charge < -0.3 is 10.1 Å². The number of ether oxygens (including phenoxy) is 1. The minimum Gasteiger partial charge on any atom is -0.466 e. The quantitative estimate of drug-likeness (QED) is 0.805. The van der Waals surface area contributed by atoms with E-state index in [2.05, 4.69) is 42.3 Å². The highest BCUT2D eigenvalue weighted by Gasteiger charge is 2.27. The van der Waals surface area contributed by atoms with Crippen LogP contribution in [0.4, 0.5) is 0 Å². The molecule has 5 nitrogen and oxygen atoms in total. The molecule has 1 aromatic rings. The Hall–Kier alpha value is -1.88. The fraction of sp³-hybridized carbons (Fsp3) is 0.600. The van der Waals surface area contributed by atoms with Crippen LogP contribution in [0.25, 0.3) is 0 Å². The van der Waals surface area contributed by atoms with Crippen LogP contribution in [0.15, 0.2) is 18.2 Å². The number of hydrogen-bond acceptors (Lipinski definition) is 4. The van der Waals surface area contributed by atoms with Crippen molar-refractivity contribution in [2.45, 2.75) is 46.6 Å². The zero-order valence-electron chi connectivity index (χ0n) is 15.8. The van der Waals surface area contributed by atoms with Crippen LogP contribution >= 0.6 is 0 Å². The molecule has 1 atom stereocenters. The molecule has 25 heavy (non-hydrogen) atoms.